The number of carbonyl (C=O) groups excluding carboxylic acids is 1. The number of carbonyl (C=O) groups is 1. The van der Waals surface area contributed by atoms with Gasteiger partial charge in [0.2, 0.25) is 0 Å². The molecule has 1 unspecified atom stereocenters. The van der Waals surface area contributed by atoms with E-state index in [9.17, 15) is 9.18 Å². The normalized spacial score (nSPS) is 18.5. The maximum atomic E-state index is 13.6. The first kappa shape index (κ1) is 13.6. The second-order valence-corrected chi connectivity index (χ2v) is 5.15. The number of aromatic nitrogens is 2. The zero-order valence-corrected chi connectivity index (χ0v) is 11.6. The molecule has 1 saturated heterocycles. The lowest BCUT2D eigenvalue weighted by Gasteiger charge is -2.35. The van der Waals surface area contributed by atoms with E-state index in [4.69, 9.17) is 0 Å². The summed E-state index contributed by atoms with van der Waals surface area (Å²) >= 11 is 0. The maximum absolute atomic E-state index is 13.6. The van der Waals surface area contributed by atoms with Crippen LogP contribution < -0.4 is 5.32 Å². The van der Waals surface area contributed by atoms with E-state index >= 15 is 0 Å². The number of hydrogen-bond donors (Lipinski definition) is 2. The lowest BCUT2D eigenvalue weighted by atomic mass is 9.98. The highest BCUT2D eigenvalue weighted by Gasteiger charge is 2.28. The molecule has 3 rings (SSSR count). The molecule has 1 fully saturated rings. The molecule has 2 N–H and O–H groups in total. The molecule has 21 heavy (non-hydrogen) atoms. The molecule has 0 radical (unpaired) electrons. The van der Waals surface area contributed by atoms with E-state index in [-0.39, 0.29) is 17.8 Å². The molecule has 1 aliphatic heterocycles. The van der Waals surface area contributed by atoms with Gasteiger partial charge in [-0.3, -0.25) is 5.10 Å². The predicted octanol–water partition coefficient (Wildman–Crippen LogP) is 3.31. The molecule has 1 aromatic heterocycles. The van der Waals surface area contributed by atoms with Gasteiger partial charge in [0, 0.05) is 18.3 Å². The third-order valence-electron chi connectivity index (χ3n) is 3.78. The Kier molecular flexibility index (Phi) is 3.85. The first-order chi connectivity index (χ1) is 10.3. The predicted molar refractivity (Wildman–Crippen MR) is 77.3 cm³/mol. The molecule has 6 heteroatoms. The summed E-state index contributed by atoms with van der Waals surface area (Å²) in [5.74, 6) is -0.428. The molecule has 1 aliphatic rings. The highest BCUT2D eigenvalue weighted by atomic mass is 19.1. The molecule has 2 aromatic rings. The van der Waals surface area contributed by atoms with E-state index in [1.807, 2.05) is 0 Å². The quantitative estimate of drug-likeness (QED) is 0.890. The lowest BCUT2D eigenvalue weighted by molar-refractivity contribution is 0.163. The smallest absolute Gasteiger partial charge is 0.317 e. The molecular weight excluding hydrogens is 271 g/mol. The summed E-state index contributed by atoms with van der Waals surface area (Å²) < 4.78 is 13.6. The Balaban J connectivity index is 1.77. The molecule has 2 amide bonds. The van der Waals surface area contributed by atoms with Crippen LogP contribution in [0.1, 0.15) is 30.9 Å². The van der Waals surface area contributed by atoms with Crippen LogP contribution in [-0.2, 0) is 0 Å². The number of urea groups is 1. The van der Waals surface area contributed by atoms with E-state index < -0.39 is 5.82 Å². The van der Waals surface area contributed by atoms with Crippen LogP contribution in [0.3, 0.4) is 0 Å². The van der Waals surface area contributed by atoms with Crippen molar-refractivity contribution in [2.45, 2.75) is 25.3 Å². The number of aromatic amines is 1. The second kappa shape index (κ2) is 5.95. The molecule has 0 spiro atoms. The van der Waals surface area contributed by atoms with Crippen molar-refractivity contribution in [2.75, 3.05) is 11.9 Å². The van der Waals surface area contributed by atoms with Gasteiger partial charge in [0.1, 0.15) is 5.82 Å². The van der Waals surface area contributed by atoms with Gasteiger partial charge in [-0.25, -0.2) is 9.18 Å². The van der Waals surface area contributed by atoms with Crippen LogP contribution in [0.5, 0.6) is 0 Å². The van der Waals surface area contributed by atoms with Crippen LogP contribution in [0.15, 0.2) is 36.7 Å². The summed E-state index contributed by atoms with van der Waals surface area (Å²) in [6.45, 7) is 0.663. The number of hydrogen-bond acceptors (Lipinski definition) is 2. The molecule has 0 aliphatic carbocycles. The third kappa shape index (κ3) is 2.89. The second-order valence-electron chi connectivity index (χ2n) is 5.15. The zero-order valence-electron chi connectivity index (χ0n) is 11.6. The van der Waals surface area contributed by atoms with Crippen molar-refractivity contribution in [2.24, 2.45) is 0 Å². The average molecular weight is 288 g/mol. The number of piperidine rings is 1. The van der Waals surface area contributed by atoms with Crippen molar-refractivity contribution in [1.82, 2.24) is 15.1 Å². The van der Waals surface area contributed by atoms with Gasteiger partial charge < -0.3 is 10.2 Å². The Hall–Kier alpha value is -2.37. The van der Waals surface area contributed by atoms with E-state index in [1.165, 1.54) is 6.07 Å². The number of anilines is 1. The van der Waals surface area contributed by atoms with E-state index in [0.29, 0.717) is 6.54 Å². The number of amides is 2. The number of para-hydroxylation sites is 1. The number of rotatable bonds is 2. The van der Waals surface area contributed by atoms with E-state index in [1.54, 1.807) is 35.5 Å². The van der Waals surface area contributed by atoms with Gasteiger partial charge in [-0.1, -0.05) is 12.1 Å². The van der Waals surface area contributed by atoms with Crippen LogP contribution >= 0.6 is 0 Å². The highest BCUT2D eigenvalue weighted by Crippen LogP contribution is 2.30. The molecule has 2 heterocycles. The number of nitrogens with zero attached hydrogens (tertiary/aromatic N) is 2. The highest BCUT2D eigenvalue weighted by molar-refractivity contribution is 5.89. The van der Waals surface area contributed by atoms with Gasteiger partial charge >= 0.3 is 6.03 Å². The van der Waals surface area contributed by atoms with Crippen molar-refractivity contribution in [1.29, 1.82) is 0 Å². The minimum atomic E-state index is -0.428. The number of likely N-dealkylation sites (tertiary alicyclic amines) is 1. The molecule has 1 atom stereocenters. The summed E-state index contributed by atoms with van der Waals surface area (Å²) in [4.78, 5) is 14.2. The van der Waals surface area contributed by atoms with Crippen LogP contribution in [0.4, 0.5) is 14.9 Å². The largest absolute Gasteiger partial charge is 0.322 e. The molecule has 110 valence electrons. The summed E-state index contributed by atoms with van der Waals surface area (Å²) in [6, 6.07) is 5.90. The summed E-state index contributed by atoms with van der Waals surface area (Å²) in [5.41, 5.74) is 1.19. The van der Waals surface area contributed by atoms with Crippen molar-refractivity contribution >= 4 is 11.7 Å². The lowest BCUT2D eigenvalue weighted by Crippen LogP contribution is -2.41. The fraction of sp³-hybridized carbons (Fsp3) is 0.333. The van der Waals surface area contributed by atoms with Crippen molar-refractivity contribution in [3.63, 3.8) is 0 Å². The fourth-order valence-corrected chi connectivity index (χ4v) is 2.71. The Morgan fingerprint density at radius 3 is 3.00 bits per heavy atom. The van der Waals surface area contributed by atoms with Crippen LogP contribution in [0.2, 0.25) is 0 Å². The van der Waals surface area contributed by atoms with Gasteiger partial charge in [0.05, 0.1) is 17.9 Å². The first-order valence-electron chi connectivity index (χ1n) is 7.06. The molecule has 0 bridgehead atoms. The van der Waals surface area contributed by atoms with Gasteiger partial charge in [-0.05, 0) is 31.4 Å². The number of halogens is 1. The Morgan fingerprint density at radius 2 is 2.24 bits per heavy atom. The molecule has 5 nitrogen and oxygen atoms in total. The van der Waals surface area contributed by atoms with Gasteiger partial charge in [-0.15, -0.1) is 0 Å². The van der Waals surface area contributed by atoms with Crippen LogP contribution in [-0.4, -0.2) is 27.7 Å². The zero-order chi connectivity index (χ0) is 14.7. The molecule has 0 saturated carbocycles. The standard InChI is InChI=1S/C15H17FN4O/c16-12-5-1-2-6-13(12)19-15(21)20-8-4-3-7-14(20)11-9-17-18-10-11/h1-2,5-6,9-10,14H,3-4,7-8H2,(H,17,18)(H,19,21). The summed E-state index contributed by atoms with van der Waals surface area (Å²) in [6.07, 6.45) is 6.46. The SMILES string of the molecule is O=C(Nc1ccccc1F)N1CCCCC1c1cn[nH]c1. The fourth-order valence-electron chi connectivity index (χ4n) is 2.71. The topological polar surface area (TPSA) is 61.0 Å². The van der Waals surface area contributed by atoms with Crippen molar-refractivity contribution < 1.29 is 9.18 Å². The summed E-state index contributed by atoms with van der Waals surface area (Å²) in [7, 11) is 0. The summed E-state index contributed by atoms with van der Waals surface area (Å²) in [5, 5.41) is 9.38. The minimum Gasteiger partial charge on any atom is -0.317 e. The molecule has 1 aromatic carbocycles. The van der Waals surface area contributed by atoms with Crippen molar-refractivity contribution in [3.05, 3.63) is 48.0 Å². The van der Waals surface area contributed by atoms with E-state index in [0.717, 1.165) is 24.8 Å². The Labute approximate surface area is 122 Å². The molecular formula is C15H17FN4O. The number of benzene rings is 1. The Morgan fingerprint density at radius 1 is 1.38 bits per heavy atom. The first-order valence-corrected chi connectivity index (χ1v) is 7.06. The van der Waals surface area contributed by atoms with Gasteiger partial charge in [0.25, 0.3) is 0 Å². The minimum absolute atomic E-state index is 0.00993. The van der Waals surface area contributed by atoms with Gasteiger partial charge in [-0.2, -0.15) is 5.10 Å². The van der Waals surface area contributed by atoms with Crippen LogP contribution in [0, 0.1) is 5.82 Å². The monoisotopic (exact) mass is 288 g/mol. The van der Waals surface area contributed by atoms with Crippen molar-refractivity contribution in [3.8, 4) is 0 Å². The number of nitrogens with one attached hydrogen (secondary N) is 2. The third-order valence-corrected chi connectivity index (χ3v) is 3.78. The number of H-pyrrole nitrogens is 1. The van der Waals surface area contributed by atoms with Crippen LogP contribution in [0.25, 0.3) is 0 Å². The maximum Gasteiger partial charge on any atom is 0.322 e. The Bertz CT molecular complexity index is 614. The average Bonchev–Trinajstić information content (AvgIpc) is 3.04. The van der Waals surface area contributed by atoms with E-state index in [2.05, 4.69) is 15.5 Å². The van der Waals surface area contributed by atoms with Gasteiger partial charge in [0.15, 0.2) is 0 Å².